The molecule has 6 heteroatoms. The topological polar surface area (TPSA) is 74.8 Å². The third kappa shape index (κ3) is 3.14. The Balaban J connectivity index is 2.18. The lowest BCUT2D eigenvalue weighted by Crippen LogP contribution is -2.30. The van der Waals surface area contributed by atoms with E-state index in [1.165, 1.54) is 6.07 Å². The number of aromatic amines is 1. The Labute approximate surface area is 121 Å². The van der Waals surface area contributed by atoms with E-state index in [1.54, 1.807) is 23.5 Å². The van der Waals surface area contributed by atoms with Crippen molar-refractivity contribution >= 4 is 17.2 Å². The fourth-order valence-corrected chi connectivity index (χ4v) is 2.86. The number of rotatable bonds is 4. The molecule has 1 atom stereocenters. The second kappa shape index (κ2) is 6.00. The van der Waals surface area contributed by atoms with E-state index >= 15 is 0 Å². The highest BCUT2D eigenvalue weighted by atomic mass is 32.1. The summed E-state index contributed by atoms with van der Waals surface area (Å²) >= 11 is 1.59. The van der Waals surface area contributed by atoms with Gasteiger partial charge in [-0.3, -0.25) is 9.59 Å². The van der Waals surface area contributed by atoms with Crippen LogP contribution in [0.15, 0.2) is 23.0 Å². The number of nitrogens with one attached hydrogen (secondary N) is 2. The average Bonchev–Trinajstić information content (AvgIpc) is 2.75. The van der Waals surface area contributed by atoms with Gasteiger partial charge < -0.3 is 10.3 Å². The maximum Gasteiger partial charge on any atom is 0.268 e. The lowest BCUT2D eigenvalue weighted by atomic mass is 10.2. The van der Waals surface area contributed by atoms with Gasteiger partial charge in [-0.1, -0.05) is 13.0 Å². The summed E-state index contributed by atoms with van der Waals surface area (Å²) in [6.45, 7) is 5.96. The van der Waals surface area contributed by atoms with E-state index < -0.39 is 0 Å². The summed E-state index contributed by atoms with van der Waals surface area (Å²) in [5.41, 5.74) is 0.971. The largest absolute Gasteiger partial charge is 0.342 e. The first-order valence-electron chi connectivity index (χ1n) is 6.45. The normalized spacial score (nSPS) is 12.2. The molecule has 106 valence electrons. The summed E-state index contributed by atoms with van der Waals surface area (Å²) in [7, 11) is 0. The minimum Gasteiger partial charge on any atom is -0.342 e. The molecular formula is C14H17N3O2S. The molecule has 5 nitrogen and oxygen atoms in total. The minimum absolute atomic E-state index is 0.136. The zero-order valence-corrected chi connectivity index (χ0v) is 12.5. The van der Waals surface area contributed by atoms with E-state index in [1.807, 2.05) is 20.8 Å². The summed E-state index contributed by atoms with van der Waals surface area (Å²) in [5, 5.41) is 3.80. The molecule has 20 heavy (non-hydrogen) atoms. The van der Waals surface area contributed by atoms with Crippen molar-refractivity contribution in [1.29, 1.82) is 0 Å². The molecule has 2 aromatic heterocycles. The van der Waals surface area contributed by atoms with Gasteiger partial charge in [0.2, 0.25) is 5.56 Å². The van der Waals surface area contributed by atoms with Crippen LogP contribution >= 0.6 is 11.3 Å². The summed E-state index contributed by atoms with van der Waals surface area (Å²) in [5.74, 6) is -0.292. The molecule has 2 aromatic rings. The predicted octanol–water partition coefficient (Wildman–Crippen LogP) is 2.33. The molecule has 0 aliphatic carbocycles. The van der Waals surface area contributed by atoms with Crippen LogP contribution in [0, 0.1) is 13.8 Å². The molecular weight excluding hydrogens is 274 g/mol. The first-order valence-corrected chi connectivity index (χ1v) is 7.27. The number of aromatic nitrogens is 2. The van der Waals surface area contributed by atoms with Crippen molar-refractivity contribution in [3.05, 3.63) is 49.8 Å². The Bertz CT molecular complexity index is 656. The van der Waals surface area contributed by atoms with Crippen LogP contribution in [0.25, 0.3) is 0 Å². The number of hydrogen-bond acceptors (Lipinski definition) is 4. The smallest absolute Gasteiger partial charge is 0.268 e. The van der Waals surface area contributed by atoms with E-state index in [0.29, 0.717) is 0 Å². The van der Waals surface area contributed by atoms with Crippen LogP contribution in [0.2, 0.25) is 0 Å². The number of hydrogen-bond donors (Lipinski definition) is 2. The number of nitrogens with zero attached hydrogens (tertiary/aromatic N) is 1. The molecule has 0 aliphatic rings. The summed E-state index contributed by atoms with van der Waals surface area (Å²) in [4.78, 5) is 31.5. The Morgan fingerprint density at radius 3 is 2.75 bits per heavy atom. The van der Waals surface area contributed by atoms with Gasteiger partial charge in [0.25, 0.3) is 5.91 Å². The van der Waals surface area contributed by atoms with Gasteiger partial charge >= 0.3 is 0 Å². The number of H-pyrrole nitrogens is 1. The number of thiazole rings is 1. The fraction of sp³-hybridized carbons (Fsp3) is 0.357. The molecule has 0 bridgehead atoms. The molecule has 2 heterocycles. The van der Waals surface area contributed by atoms with Crippen LogP contribution in [0.4, 0.5) is 0 Å². The van der Waals surface area contributed by atoms with E-state index in [-0.39, 0.29) is 23.2 Å². The molecule has 0 spiro atoms. The standard InChI is InChI=1S/C14H17N3O2S/c1-4-10(14-15-8(2)9(3)20-14)17-13(19)11-6-5-7-12(18)16-11/h5-7,10H,4H2,1-3H3,(H,16,18)(H,17,19). The zero-order valence-electron chi connectivity index (χ0n) is 11.7. The fourth-order valence-electron chi connectivity index (χ4n) is 1.80. The molecule has 0 radical (unpaired) electrons. The second-order valence-electron chi connectivity index (χ2n) is 4.56. The summed E-state index contributed by atoms with van der Waals surface area (Å²) < 4.78 is 0. The Morgan fingerprint density at radius 2 is 2.20 bits per heavy atom. The van der Waals surface area contributed by atoms with Crippen molar-refractivity contribution in [2.45, 2.75) is 33.2 Å². The monoisotopic (exact) mass is 291 g/mol. The average molecular weight is 291 g/mol. The van der Waals surface area contributed by atoms with Gasteiger partial charge in [-0.2, -0.15) is 0 Å². The number of aryl methyl sites for hydroxylation is 2. The summed E-state index contributed by atoms with van der Waals surface area (Å²) in [6.07, 6.45) is 0.745. The number of carbonyl (C=O) groups excluding carboxylic acids is 1. The Hall–Kier alpha value is -1.95. The van der Waals surface area contributed by atoms with Gasteiger partial charge in [-0.25, -0.2) is 4.98 Å². The van der Waals surface area contributed by atoms with Crippen LogP contribution < -0.4 is 10.9 Å². The first kappa shape index (κ1) is 14.5. The molecule has 0 aliphatic heterocycles. The van der Waals surface area contributed by atoms with E-state index in [4.69, 9.17) is 0 Å². The highest BCUT2D eigenvalue weighted by Crippen LogP contribution is 2.24. The SMILES string of the molecule is CCC(NC(=O)c1cccc(=O)[nH]1)c1nc(C)c(C)s1. The van der Waals surface area contributed by atoms with E-state index in [2.05, 4.69) is 15.3 Å². The van der Waals surface area contributed by atoms with Gasteiger partial charge in [-0.05, 0) is 26.3 Å². The lowest BCUT2D eigenvalue weighted by Gasteiger charge is -2.14. The Morgan fingerprint density at radius 1 is 1.45 bits per heavy atom. The van der Waals surface area contributed by atoms with E-state index in [9.17, 15) is 9.59 Å². The molecule has 0 saturated heterocycles. The highest BCUT2D eigenvalue weighted by molar-refractivity contribution is 7.11. The van der Waals surface area contributed by atoms with Gasteiger partial charge in [0, 0.05) is 10.9 Å². The predicted molar refractivity (Wildman–Crippen MR) is 79.1 cm³/mol. The van der Waals surface area contributed by atoms with Gasteiger partial charge in [0.1, 0.15) is 10.7 Å². The third-order valence-electron chi connectivity index (χ3n) is 3.07. The van der Waals surface area contributed by atoms with Crippen molar-refractivity contribution in [2.75, 3.05) is 0 Å². The molecule has 1 amide bonds. The molecule has 0 saturated carbocycles. The number of pyridine rings is 1. The van der Waals surface area contributed by atoms with Gasteiger partial charge in [0.15, 0.2) is 0 Å². The third-order valence-corrected chi connectivity index (χ3v) is 4.26. The highest BCUT2D eigenvalue weighted by Gasteiger charge is 2.18. The molecule has 0 fully saturated rings. The quantitative estimate of drug-likeness (QED) is 0.908. The van der Waals surface area contributed by atoms with Crippen molar-refractivity contribution in [3.8, 4) is 0 Å². The second-order valence-corrected chi connectivity index (χ2v) is 5.79. The van der Waals surface area contributed by atoms with Crippen LogP contribution in [0.1, 0.15) is 45.5 Å². The van der Waals surface area contributed by atoms with E-state index in [0.717, 1.165) is 22.0 Å². The lowest BCUT2D eigenvalue weighted by molar-refractivity contribution is 0.0930. The molecule has 0 aromatic carbocycles. The van der Waals surface area contributed by atoms with Crippen LogP contribution in [0.5, 0.6) is 0 Å². The van der Waals surface area contributed by atoms with Crippen molar-refractivity contribution in [3.63, 3.8) is 0 Å². The molecule has 2 N–H and O–H groups in total. The number of amides is 1. The number of carbonyl (C=O) groups is 1. The maximum absolute atomic E-state index is 12.1. The molecule has 1 unspecified atom stereocenters. The van der Waals surface area contributed by atoms with Gasteiger partial charge in [0.05, 0.1) is 11.7 Å². The minimum atomic E-state index is -0.292. The van der Waals surface area contributed by atoms with Crippen LogP contribution in [-0.2, 0) is 0 Å². The summed E-state index contributed by atoms with van der Waals surface area (Å²) in [6, 6.07) is 4.39. The maximum atomic E-state index is 12.1. The molecule has 2 rings (SSSR count). The van der Waals surface area contributed by atoms with Crippen LogP contribution in [0.3, 0.4) is 0 Å². The van der Waals surface area contributed by atoms with Crippen molar-refractivity contribution < 1.29 is 4.79 Å². The van der Waals surface area contributed by atoms with Crippen molar-refractivity contribution in [2.24, 2.45) is 0 Å². The van der Waals surface area contributed by atoms with Gasteiger partial charge in [-0.15, -0.1) is 11.3 Å². The Kier molecular flexibility index (Phi) is 4.34. The van der Waals surface area contributed by atoms with Crippen molar-refractivity contribution in [1.82, 2.24) is 15.3 Å². The van der Waals surface area contributed by atoms with Crippen LogP contribution in [-0.4, -0.2) is 15.9 Å². The zero-order chi connectivity index (χ0) is 14.7. The first-order chi connectivity index (χ1) is 9.51.